The Balaban J connectivity index is 2.45. The van der Waals surface area contributed by atoms with Crippen LogP contribution in [0.25, 0.3) is 0 Å². The third-order valence-corrected chi connectivity index (χ3v) is 4.94. The maximum absolute atomic E-state index is 12.8. The van der Waals surface area contributed by atoms with Crippen LogP contribution in [0.15, 0.2) is 35.7 Å². The van der Waals surface area contributed by atoms with Crippen LogP contribution in [-0.4, -0.2) is 28.9 Å². The van der Waals surface area contributed by atoms with E-state index in [1.807, 2.05) is 25.3 Å². The van der Waals surface area contributed by atoms with Crippen LogP contribution in [0.1, 0.15) is 33.3 Å². The van der Waals surface area contributed by atoms with E-state index in [9.17, 15) is 14.7 Å². The molecule has 4 nitrogen and oxygen atoms in total. The molecule has 0 radical (unpaired) electrons. The number of carbonyl (C=O) groups is 2. The number of carboxylic acids is 1. The predicted octanol–water partition coefficient (Wildman–Crippen LogP) is 3.44. The molecule has 1 aromatic carbocycles. The number of hydrogen-bond acceptors (Lipinski definition) is 3. The zero-order valence-electron chi connectivity index (χ0n) is 13.1. The van der Waals surface area contributed by atoms with Crippen LogP contribution in [0.3, 0.4) is 0 Å². The van der Waals surface area contributed by atoms with Gasteiger partial charge in [-0.2, -0.15) is 0 Å². The molecule has 0 aliphatic heterocycles. The molecule has 1 atom stereocenters. The zero-order valence-corrected chi connectivity index (χ0v) is 13.9. The Morgan fingerprint density at radius 3 is 2.23 bits per heavy atom. The molecule has 2 rings (SSSR count). The Hall–Kier alpha value is -2.14. The number of nitrogens with zero attached hydrogens (tertiary/aromatic N) is 1. The van der Waals surface area contributed by atoms with Gasteiger partial charge in [0.05, 0.1) is 0 Å². The maximum atomic E-state index is 12.8. The van der Waals surface area contributed by atoms with E-state index < -0.39 is 11.5 Å². The minimum atomic E-state index is -1.39. The topological polar surface area (TPSA) is 57.6 Å². The number of hydrogen-bond donors (Lipinski definition) is 1. The van der Waals surface area contributed by atoms with Gasteiger partial charge in [0.25, 0.3) is 5.91 Å². The van der Waals surface area contributed by atoms with Gasteiger partial charge in [0.1, 0.15) is 0 Å². The standard InChI is InChI=1S/C17H19NO3S/c1-11-8-12(2)10-13(9-11)15(19)18(4)17(3,16(20)21)14-6-5-7-22-14/h5-10H,1-4H3,(H,20,21)/t17-/m1/s1. The zero-order chi connectivity index (χ0) is 16.5. The van der Waals surface area contributed by atoms with Gasteiger partial charge < -0.3 is 10.0 Å². The van der Waals surface area contributed by atoms with Crippen molar-refractivity contribution >= 4 is 23.2 Å². The fraction of sp³-hybridized carbons (Fsp3) is 0.294. The summed E-state index contributed by atoms with van der Waals surface area (Å²) in [7, 11) is 1.54. The van der Waals surface area contributed by atoms with Gasteiger partial charge in [-0.25, -0.2) is 4.79 Å². The molecule has 0 saturated carbocycles. The quantitative estimate of drug-likeness (QED) is 0.940. The van der Waals surface area contributed by atoms with E-state index in [0.717, 1.165) is 11.1 Å². The van der Waals surface area contributed by atoms with Gasteiger partial charge in [-0.1, -0.05) is 23.3 Å². The largest absolute Gasteiger partial charge is 0.479 e. The number of aryl methyl sites for hydroxylation is 2. The summed E-state index contributed by atoms with van der Waals surface area (Å²) in [5.41, 5.74) is 1.07. The molecule has 2 aromatic rings. The SMILES string of the molecule is Cc1cc(C)cc(C(=O)N(C)[C@@](C)(C(=O)O)c2cccs2)c1. The van der Waals surface area contributed by atoms with Crippen LogP contribution >= 0.6 is 11.3 Å². The lowest BCUT2D eigenvalue weighted by atomic mass is 9.96. The summed E-state index contributed by atoms with van der Waals surface area (Å²) in [6.07, 6.45) is 0. The summed E-state index contributed by atoms with van der Waals surface area (Å²) >= 11 is 1.33. The number of benzene rings is 1. The Bertz CT molecular complexity index is 688. The highest BCUT2D eigenvalue weighted by Gasteiger charge is 2.43. The fourth-order valence-corrected chi connectivity index (χ4v) is 3.38. The summed E-state index contributed by atoms with van der Waals surface area (Å²) in [5, 5.41) is 11.5. The molecule has 0 bridgehead atoms. The van der Waals surface area contributed by atoms with Gasteiger partial charge in [0.2, 0.25) is 0 Å². The maximum Gasteiger partial charge on any atom is 0.334 e. The monoisotopic (exact) mass is 317 g/mol. The molecule has 116 valence electrons. The molecular formula is C17H19NO3S. The van der Waals surface area contributed by atoms with Gasteiger partial charge in [0.15, 0.2) is 5.54 Å². The normalized spacial score (nSPS) is 13.5. The summed E-state index contributed by atoms with van der Waals surface area (Å²) < 4.78 is 0. The molecule has 0 saturated heterocycles. The van der Waals surface area contributed by atoms with E-state index in [1.54, 1.807) is 31.2 Å². The van der Waals surface area contributed by atoms with Gasteiger partial charge in [-0.3, -0.25) is 4.79 Å². The van der Waals surface area contributed by atoms with E-state index in [-0.39, 0.29) is 5.91 Å². The number of carboxylic acid groups (broad SMARTS) is 1. The molecule has 22 heavy (non-hydrogen) atoms. The number of amides is 1. The van der Waals surface area contributed by atoms with Crippen LogP contribution in [-0.2, 0) is 10.3 Å². The molecule has 1 aromatic heterocycles. The summed E-state index contributed by atoms with van der Waals surface area (Å²) in [4.78, 5) is 26.5. The number of likely N-dealkylation sites (N-methyl/N-ethyl adjacent to an activating group) is 1. The van der Waals surface area contributed by atoms with Crippen molar-refractivity contribution in [1.29, 1.82) is 0 Å². The van der Waals surface area contributed by atoms with E-state index in [0.29, 0.717) is 10.4 Å². The highest BCUT2D eigenvalue weighted by Crippen LogP contribution is 2.32. The smallest absolute Gasteiger partial charge is 0.334 e. The van der Waals surface area contributed by atoms with Crippen molar-refractivity contribution in [2.24, 2.45) is 0 Å². The van der Waals surface area contributed by atoms with Crippen LogP contribution in [0.5, 0.6) is 0 Å². The number of carbonyl (C=O) groups excluding carboxylic acids is 1. The molecule has 0 spiro atoms. The molecule has 0 unspecified atom stereocenters. The van der Waals surface area contributed by atoms with Crippen molar-refractivity contribution < 1.29 is 14.7 Å². The first kappa shape index (κ1) is 16.2. The lowest BCUT2D eigenvalue weighted by molar-refractivity contribution is -0.148. The van der Waals surface area contributed by atoms with Crippen molar-refractivity contribution in [2.45, 2.75) is 26.3 Å². The molecule has 1 amide bonds. The summed E-state index contributed by atoms with van der Waals surface area (Å²) in [6, 6.07) is 9.07. The van der Waals surface area contributed by atoms with Crippen LogP contribution in [0.4, 0.5) is 0 Å². The fourth-order valence-electron chi connectivity index (χ4n) is 2.46. The van der Waals surface area contributed by atoms with E-state index >= 15 is 0 Å². The van der Waals surface area contributed by atoms with Crippen molar-refractivity contribution in [3.63, 3.8) is 0 Å². The first-order valence-electron chi connectivity index (χ1n) is 6.90. The minimum absolute atomic E-state index is 0.301. The molecule has 0 aliphatic carbocycles. The average Bonchev–Trinajstić information content (AvgIpc) is 2.98. The van der Waals surface area contributed by atoms with E-state index in [2.05, 4.69) is 0 Å². The first-order valence-corrected chi connectivity index (χ1v) is 7.78. The van der Waals surface area contributed by atoms with Crippen molar-refractivity contribution in [2.75, 3.05) is 7.05 Å². The van der Waals surface area contributed by atoms with Gasteiger partial charge in [-0.05, 0) is 44.4 Å². The molecule has 1 heterocycles. The Labute approximate surface area is 134 Å². The van der Waals surface area contributed by atoms with Crippen LogP contribution < -0.4 is 0 Å². The van der Waals surface area contributed by atoms with Gasteiger partial charge in [0, 0.05) is 17.5 Å². The van der Waals surface area contributed by atoms with Gasteiger partial charge >= 0.3 is 5.97 Å². The molecule has 0 aliphatic rings. The third-order valence-electron chi connectivity index (χ3n) is 3.86. The summed E-state index contributed by atoms with van der Waals surface area (Å²) in [6.45, 7) is 5.39. The number of thiophene rings is 1. The van der Waals surface area contributed by atoms with Crippen LogP contribution in [0, 0.1) is 13.8 Å². The highest BCUT2D eigenvalue weighted by atomic mass is 32.1. The lowest BCUT2D eigenvalue weighted by Crippen LogP contribution is -2.50. The number of rotatable bonds is 4. The second-order valence-corrected chi connectivity index (χ2v) is 6.54. The van der Waals surface area contributed by atoms with E-state index in [4.69, 9.17) is 0 Å². The highest BCUT2D eigenvalue weighted by molar-refractivity contribution is 7.10. The van der Waals surface area contributed by atoms with Crippen LogP contribution in [0.2, 0.25) is 0 Å². The Morgan fingerprint density at radius 1 is 1.18 bits per heavy atom. The summed E-state index contributed by atoms with van der Waals surface area (Å²) in [5.74, 6) is -1.35. The van der Waals surface area contributed by atoms with Crippen molar-refractivity contribution in [1.82, 2.24) is 4.90 Å². The Morgan fingerprint density at radius 2 is 1.77 bits per heavy atom. The second kappa shape index (κ2) is 5.93. The van der Waals surface area contributed by atoms with Gasteiger partial charge in [-0.15, -0.1) is 11.3 Å². The van der Waals surface area contributed by atoms with E-state index in [1.165, 1.54) is 23.3 Å². The van der Waals surface area contributed by atoms with Crippen molar-refractivity contribution in [3.05, 3.63) is 57.3 Å². The minimum Gasteiger partial charge on any atom is -0.479 e. The number of aliphatic carboxylic acids is 1. The molecular weight excluding hydrogens is 298 g/mol. The third kappa shape index (κ3) is 2.76. The molecule has 1 N–H and O–H groups in total. The second-order valence-electron chi connectivity index (χ2n) is 5.60. The average molecular weight is 317 g/mol. The van der Waals surface area contributed by atoms with Crippen molar-refractivity contribution in [3.8, 4) is 0 Å². The predicted molar refractivity (Wildman–Crippen MR) is 87.3 cm³/mol. The molecule has 5 heteroatoms. The molecule has 0 fully saturated rings. The lowest BCUT2D eigenvalue weighted by Gasteiger charge is -2.34. The Kier molecular flexibility index (Phi) is 4.37. The first-order chi connectivity index (χ1) is 10.3.